The molecule has 3 aromatic carbocycles. The van der Waals surface area contributed by atoms with Gasteiger partial charge in [0.15, 0.2) is 0 Å². The predicted octanol–water partition coefficient (Wildman–Crippen LogP) is 5.03. The van der Waals surface area contributed by atoms with Gasteiger partial charge in [0.25, 0.3) is 11.8 Å². The first kappa shape index (κ1) is 23.2. The summed E-state index contributed by atoms with van der Waals surface area (Å²) in [5.41, 5.74) is 4.10. The van der Waals surface area contributed by atoms with Crippen LogP contribution >= 0.6 is 27.5 Å². The summed E-state index contributed by atoms with van der Waals surface area (Å²) >= 11 is 9.50. The lowest BCUT2D eigenvalue weighted by Gasteiger charge is -2.10. The molecule has 0 aliphatic carbocycles. The zero-order valence-electron chi connectivity index (χ0n) is 17.0. The van der Waals surface area contributed by atoms with Crippen LogP contribution in [0.4, 0.5) is 0 Å². The molecule has 3 aromatic rings. The molecule has 0 saturated heterocycles. The third kappa shape index (κ3) is 6.29. The van der Waals surface area contributed by atoms with Crippen LogP contribution < -0.4 is 15.5 Å². The number of ether oxygens (including phenoxy) is 1. The SMILES string of the molecule is COc1ccc(Br)cc1C=NNC(=O)C(=Cc1ccccc1)NC(=O)c1ccccc1Cl. The van der Waals surface area contributed by atoms with E-state index in [0.29, 0.717) is 11.3 Å². The average Bonchev–Trinajstić information content (AvgIpc) is 2.79. The van der Waals surface area contributed by atoms with Gasteiger partial charge in [0.05, 0.1) is 23.9 Å². The number of nitrogens with zero attached hydrogens (tertiary/aromatic N) is 1. The molecule has 0 bridgehead atoms. The normalized spacial score (nSPS) is 11.3. The van der Waals surface area contributed by atoms with Crippen molar-refractivity contribution in [2.45, 2.75) is 0 Å². The molecule has 8 heteroatoms. The minimum Gasteiger partial charge on any atom is -0.496 e. The lowest BCUT2D eigenvalue weighted by molar-refractivity contribution is -0.117. The van der Waals surface area contributed by atoms with Crippen molar-refractivity contribution in [3.05, 3.63) is 105 Å². The molecule has 0 radical (unpaired) electrons. The number of hydrogen-bond acceptors (Lipinski definition) is 4. The van der Waals surface area contributed by atoms with Crippen LogP contribution in [-0.4, -0.2) is 25.1 Å². The Morgan fingerprint density at radius 3 is 2.47 bits per heavy atom. The minimum atomic E-state index is -0.598. The molecule has 32 heavy (non-hydrogen) atoms. The maximum absolute atomic E-state index is 12.8. The van der Waals surface area contributed by atoms with Gasteiger partial charge in [-0.2, -0.15) is 5.10 Å². The molecule has 3 rings (SSSR count). The summed E-state index contributed by atoms with van der Waals surface area (Å²) in [5.74, 6) is -0.511. The first-order valence-corrected chi connectivity index (χ1v) is 10.6. The molecule has 0 saturated carbocycles. The van der Waals surface area contributed by atoms with E-state index in [4.69, 9.17) is 16.3 Å². The Balaban J connectivity index is 1.83. The third-order valence-electron chi connectivity index (χ3n) is 4.28. The molecule has 0 aliphatic rings. The topological polar surface area (TPSA) is 79.8 Å². The molecule has 0 fully saturated rings. The van der Waals surface area contributed by atoms with Gasteiger partial charge in [0.2, 0.25) is 0 Å². The summed E-state index contributed by atoms with van der Waals surface area (Å²) in [5, 5.41) is 6.91. The van der Waals surface area contributed by atoms with Crippen LogP contribution in [-0.2, 0) is 4.79 Å². The lowest BCUT2D eigenvalue weighted by Crippen LogP contribution is -2.33. The second kappa shape index (κ2) is 11.3. The second-order valence-electron chi connectivity index (χ2n) is 6.49. The van der Waals surface area contributed by atoms with Gasteiger partial charge < -0.3 is 10.1 Å². The summed E-state index contributed by atoms with van der Waals surface area (Å²) < 4.78 is 6.13. The standard InChI is InChI=1S/C24H19BrClN3O3/c1-32-22-12-11-18(25)14-17(22)15-27-29-24(31)21(13-16-7-3-2-4-8-16)28-23(30)19-9-5-6-10-20(19)26/h2-15H,1H3,(H,28,30)(H,29,31). The van der Waals surface area contributed by atoms with Crippen molar-refractivity contribution in [2.75, 3.05) is 7.11 Å². The van der Waals surface area contributed by atoms with Crippen LogP contribution in [0.3, 0.4) is 0 Å². The molecule has 0 aliphatic heterocycles. The Morgan fingerprint density at radius 2 is 1.75 bits per heavy atom. The maximum Gasteiger partial charge on any atom is 0.287 e. The Morgan fingerprint density at radius 1 is 1.03 bits per heavy atom. The van der Waals surface area contributed by atoms with E-state index in [9.17, 15) is 9.59 Å². The van der Waals surface area contributed by atoms with Gasteiger partial charge in [0.1, 0.15) is 11.4 Å². The number of hydrogen-bond donors (Lipinski definition) is 2. The van der Waals surface area contributed by atoms with Crippen LogP contribution in [0.25, 0.3) is 6.08 Å². The number of carbonyl (C=O) groups is 2. The van der Waals surface area contributed by atoms with Gasteiger partial charge in [-0.05, 0) is 42.0 Å². The summed E-state index contributed by atoms with van der Waals surface area (Å²) in [6.45, 7) is 0. The van der Waals surface area contributed by atoms with Crippen molar-refractivity contribution in [3.8, 4) is 5.75 Å². The van der Waals surface area contributed by atoms with Crippen molar-refractivity contribution < 1.29 is 14.3 Å². The van der Waals surface area contributed by atoms with Crippen LogP contribution in [0.1, 0.15) is 21.5 Å². The molecule has 162 valence electrons. The van der Waals surface area contributed by atoms with Crippen LogP contribution in [0.5, 0.6) is 5.75 Å². The Labute approximate surface area is 199 Å². The maximum atomic E-state index is 12.8. The molecule has 0 aromatic heterocycles. The molecule has 0 unspecified atom stereocenters. The Bertz CT molecular complexity index is 1180. The lowest BCUT2D eigenvalue weighted by atomic mass is 10.1. The van der Waals surface area contributed by atoms with Gasteiger partial charge in [-0.25, -0.2) is 5.43 Å². The summed E-state index contributed by atoms with van der Waals surface area (Å²) in [6, 6.07) is 21.1. The van der Waals surface area contributed by atoms with Crippen LogP contribution in [0, 0.1) is 0 Å². The van der Waals surface area contributed by atoms with Crippen molar-refractivity contribution in [2.24, 2.45) is 5.10 Å². The number of hydrazone groups is 1. The van der Waals surface area contributed by atoms with Crippen molar-refractivity contribution >= 4 is 51.6 Å². The fourth-order valence-electron chi connectivity index (χ4n) is 2.74. The molecule has 2 N–H and O–H groups in total. The van der Waals surface area contributed by atoms with Gasteiger partial charge in [0, 0.05) is 10.0 Å². The number of amides is 2. The monoisotopic (exact) mass is 511 g/mol. The van der Waals surface area contributed by atoms with E-state index >= 15 is 0 Å². The highest BCUT2D eigenvalue weighted by molar-refractivity contribution is 9.10. The molecule has 0 heterocycles. The third-order valence-corrected chi connectivity index (χ3v) is 5.11. The fourth-order valence-corrected chi connectivity index (χ4v) is 3.34. The highest BCUT2D eigenvalue weighted by atomic mass is 79.9. The summed E-state index contributed by atoms with van der Waals surface area (Å²) in [6.07, 6.45) is 3.01. The van der Waals surface area contributed by atoms with E-state index in [1.54, 1.807) is 49.6 Å². The van der Waals surface area contributed by atoms with Crippen molar-refractivity contribution in [1.29, 1.82) is 0 Å². The van der Waals surface area contributed by atoms with E-state index in [1.165, 1.54) is 6.21 Å². The highest BCUT2D eigenvalue weighted by Crippen LogP contribution is 2.21. The average molecular weight is 513 g/mol. The minimum absolute atomic E-state index is 0.0134. The Hall–Kier alpha value is -3.42. The summed E-state index contributed by atoms with van der Waals surface area (Å²) in [4.78, 5) is 25.5. The zero-order chi connectivity index (χ0) is 22.9. The number of carbonyl (C=O) groups excluding carboxylic acids is 2. The van der Waals surface area contributed by atoms with Crippen molar-refractivity contribution in [1.82, 2.24) is 10.7 Å². The molecular formula is C24H19BrClN3O3. The van der Waals surface area contributed by atoms with E-state index in [2.05, 4.69) is 31.8 Å². The van der Waals surface area contributed by atoms with Crippen LogP contribution in [0.2, 0.25) is 5.02 Å². The zero-order valence-corrected chi connectivity index (χ0v) is 19.4. The van der Waals surface area contributed by atoms with E-state index in [-0.39, 0.29) is 16.3 Å². The fraction of sp³-hybridized carbons (Fsp3) is 0.0417. The van der Waals surface area contributed by atoms with E-state index in [1.807, 2.05) is 36.4 Å². The molecule has 0 spiro atoms. The van der Waals surface area contributed by atoms with Gasteiger partial charge in [-0.3, -0.25) is 9.59 Å². The molecule has 6 nitrogen and oxygen atoms in total. The van der Waals surface area contributed by atoms with Crippen LogP contribution in [0.15, 0.2) is 88.1 Å². The largest absolute Gasteiger partial charge is 0.496 e. The first-order chi connectivity index (χ1) is 15.5. The van der Waals surface area contributed by atoms with E-state index < -0.39 is 11.8 Å². The predicted molar refractivity (Wildman–Crippen MR) is 130 cm³/mol. The first-order valence-electron chi connectivity index (χ1n) is 9.47. The quantitative estimate of drug-likeness (QED) is 0.265. The van der Waals surface area contributed by atoms with Gasteiger partial charge in [-0.1, -0.05) is 70.0 Å². The highest BCUT2D eigenvalue weighted by Gasteiger charge is 2.16. The van der Waals surface area contributed by atoms with Crippen molar-refractivity contribution in [3.63, 3.8) is 0 Å². The number of benzene rings is 3. The smallest absolute Gasteiger partial charge is 0.287 e. The number of methoxy groups -OCH3 is 1. The molecule has 0 atom stereocenters. The number of halogens is 2. The second-order valence-corrected chi connectivity index (χ2v) is 7.81. The van der Waals surface area contributed by atoms with Gasteiger partial charge in [-0.15, -0.1) is 0 Å². The molecule has 2 amide bonds. The number of rotatable bonds is 7. The number of nitrogens with one attached hydrogen (secondary N) is 2. The molecular weight excluding hydrogens is 494 g/mol. The summed E-state index contributed by atoms with van der Waals surface area (Å²) in [7, 11) is 1.55. The Kier molecular flexibility index (Phi) is 8.19. The van der Waals surface area contributed by atoms with E-state index in [0.717, 1.165) is 10.0 Å². The van der Waals surface area contributed by atoms with Gasteiger partial charge >= 0.3 is 0 Å².